The van der Waals surface area contributed by atoms with Crippen LogP contribution in [0.3, 0.4) is 0 Å². The predicted octanol–water partition coefficient (Wildman–Crippen LogP) is 0.290. The number of fused-ring (bicyclic) bond motifs is 1. The van der Waals surface area contributed by atoms with Crippen LogP contribution in [0.25, 0.3) is 22.6 Å². The molecule has 3 aromatic heterocycles. The van der Waals surface area contributed by atoms with Gasteiger partial charge in [0.2, 0.25) is 0 Å². The minimum absolute atomic E-state index is 0.267. The second kappa shape index (κ2) is 3.41. The van der Waals surface area contributed by atoms with Gasteiger partial charge < -0.3 is 15.7 Å². The van der Waals surface area contributed by atoms with Crippen LogP contribution in [0, 0.1) is 0 Å². The molecule has 0 atom stereocenters. The molecule has 0 aromatic carbocycles. The highest BCUT2D eigenvalue weighted by atomic mass is 16.1. The van der Waals surface area contributed by atoms with Gasteiger partial charge in [0.05, 0.1) is 11.9 Å². The SMILES string of the molecule is Nc1ncccc1-c1nc2nc[nH]c(=O)c2[nH]1. The zero-order valence-corrected chi connectivity index (χ0v) is 8.64. The molecule has 0 fully saturated rings. The summed E-state index contributed by atoms with van der Waals surface area (Å²) in [5.41, 5.74) is 6.79. The smallest absolute Gasteiger partial charge is 0.276 e. The van der Waals surface area contributed by atoms with Crippen molar-refractivity contribution in [2.45, 2.75) is 0 Å². The molecule has 0 unspecified atom stereocenters. The van der Waals surface area contributed by atoms with Crippen LogP contribution in [0.5, 0.6) is 0 Å². The average molecular weight is 228 g/mol. The van der Waals surface area contributed by atoms with Crippen LogP contribution in [0.4, 0.5) is 5.82 Å². The second-order valence-corrected chi connectivity index (χ2v) is 3.45. The fraction of sp³-hybridized carbons (Fsp3) is 0. The Morgan fingerprint density at radius 2 is 2.18 bits per heavy atom. The molecule has 3 aromatic rings. The standard InChI is InChI=1S/C10H8N6O/c11-7-5(2-1-3-12-7)8-15-6-9(16-8)13-4-14-10(6)17/h1-4H,(H2,11,12)(H2,13,14,15,16,17). The number of aromatic nitrogens is 5. The fourth-order valence-corrected chi connectivity index (χ4v) is 1.59. The molecule has 3 rings (SSSR count). The van der Waals surface area contributed by atoms with Gasteiger partial charge in [-0.1, -0.05) is 0 Å². The van der Waals surface area contributed by atoms with Gasteiger partial charge in [0.25, 0.3) is 5.56 Å². The quantitative estimate of drug-likeness (QED) is 0.554. The van der Waals surface area contributed by atoms with E-state index in [-0.39, 0.29) is 5.56 Å². The number of nitrogen functional groups attached to an aromatic ring is 1. The largest absolute Gasteiger partial charge is 0.383 e. The Bertz CT molecular complexity index is 744. The molecule has 0 spiro atoms. The molecule has 7 nitrogen and oxygen atoms in total. The molecule has 17 heavy (non-hydrogen) atoms. The maximum Gasteiger partial charge on any atom is 0.276 e. The molecule has 0 saturated carbocycles. The maximum absolute atomic E-state index is 11.5. The molecular formula is C10H8N6O. The predicted molar refractivity (Wildman–Crippen MR) is 62.2 cm³/mol. The van der Waals surface area contributed by atoms with Crippen molar-refractivity contribution in [3.63, 3.8) is 0 Å². The zero-order chi connectivity index (χ0) is 11.8. The Morgan fingerprint density at radius 3 is 2.94 bits per heavy atom. The van der Waals surface area contributed by atoms with Crippen molar-refractivity contribution in [3.8, 4) is 11.4 Å². The van der Waals surface area contributed by atoms with Gasteiger partial charge in [-0.15, -0.1) is 0 Å². The highest BCUT2D eigenvalue weighted by Gasteiger charge is 2.10. The Morgan fingerprint density at radius 1 is 1.29 bits per heavy atom. The number of anilines is 1. The van der Waals surface area contributed by atoms with E-state index in [0.717, 1.165) is 0 Å². The summed E-state index contributed by atoms with van der Waals surface area (Å²) >= 11 is 0. The van der Waals surface area contributed by atoms with Crippen molar-refractivity contribution in [3.05, 3.63) is 35.0 Å². The highest BCUT2D eigenvalue weighted by Crippen LogP contribution is 2.21. The summed E-state index contributed by atoms with van der Waals surface area (Å²) in [6.07, 6.45) is 2.90. The fourth-order valence-electron chi connectivity index (χ4n) is 1.59. The van der Waals surface area contributed by atoms with Crippen molar-refractivity contribution in [2.24, 2.45) is 0 Å². The van der Waals surface area contributed by atoms with Crippen molar-refractivity contribution in [1.82, 2.24) is 24.9 Å². The highest BCUT2D eigenvalue weighted by molar-refractivity contribution is 5.77. The molecule has 0 saturated heterocycles. The van der Waals surface area contributed by atoms with E-state index in [9.17, 15) is 4.79 Å². The van der Waals surface area contributed by atoms with E-state index in [1.54, 1.807) is 18.3 Å². The first-order valence-corrected chi connectivity index (χ1v) is 4.90. The number of hydrogen-bond acceptors (Lipinski definition) is 5. The topological polar surface area (TPSA) is 113 Å². The van der Waals surface area contributed by atoms with Crippen LogP contribution in [0.1, 0.15) is 0 Å². The summed E-state index contributed by atoms with van der Waals surface area (Å²) in [5, 5.41) is 0. The van der Waals surface area contributed by atoms with Crippen LogP contribution in [0.2, 0.25) is 0 Å². The van der Waals surface area contributed by atoms with Gasteiger partial charge in [0.1, 0.15) is 11.6 Å². The van der Waals surface area contributed by atoms with E-state index in [2.05, 4.69) is 24.9 Å². The van der Waals surface area contributed by atoms with E-state index in [1.807, 2.05) is 0 Å². The average Bonchev–Trinajstić information content (AvgIpc) is 2.75. The summed E-state index contributed by atoms with van der Waals surface area (Å²) < 4.78 is 0. The van der Waals surface area contributed by atoms with Gasteiger partial charge >= 0.3 is 0 Å². The third kappa shape index (κ3) is 1.44. The first-order valence-electron chi connectivity index (χ1n) is 4.90. The number of H-pyrrole nitrogens is 2. The van der Waals surface area contributed by atoms with Crippen LogP contribution < -0.4 is 11.3 Å². The van der Waals surface area contributed by atoms with Gasteiger partial charge in [-0.05, 0) is 12.1 Å². The minimum atomic E-state index is -0.267. The van der Waals surface area contributed by atoms with Crippen LogP contribution >= 0.6 is 0 Å². The Balaban J connectivity index is 2.30. The summed E-state index contributed by atoms with van der Waals surface area (Å²) in [7, 11) is 0. The molecule has 0 aliphatic rings. The number of nitrogens with zero attached hydrogens (tertiary/aromatic N) is 3. The van der Waals surface area contributed by atoms with Gasteiger partial charge in [-0.3, -0.25) is 4.79 Å². The number of aromatic amines is 2. The molecule has 0 aliphatic heterocycles. The molecule has 4 N–H and O–H groups in total. The van der Waals surface area contributed by atoms with Gasteiger partial charge in [0.15, 0.2) is 11.2 Å². The van der Waals surface area contributed by atoms with E-state index >= 15 is 0 Å². The van der Waals surface area contributed by atoms with Crippen molar-refractivity contribution < 1.29 is 0 Å². The van der Waals surface area contributed by atoms with Gasteiger partial charge in [-0.25, -0.2) is 15.0 Å². The number of pyridine rings is 1. The molecule has 0 amide bonds. The molecule has 7 heteroatoms. The number of hydrogen-bond donors (Lipinski definition) is 3. The Labute approximate surface area is 94.8 Å². The summed E-state index contributed by atoms with van der Waals surface area (Å²) in [6.45, 7) is 0. The van der Waals surface area contributed by atoms with E-state index < -0.39 is 0 Å². The first kappa shape index (κ1) is 9.52. The maximum atomic E-state index is 11.5. The third-order valence-corrected chi connectivity index (χ3v) is 2.39. The van der Waals surface area contributed by atoms with Crippen molar-refractivity contribution in [2.75, 3.05) is 5.73 Å². The second-order valence-electron chi connectivity index (χ2n) is 3.45. The molecule has 0 radical (unpaired) electrons. The lowest BCUT2D eigenvalue weighted by Crippen LogP contribution is -2.05. The summed E-state index contributed by atoms with van der Waals surface area (Å²) in [6, 6.07) is 3.52. The molecule has 0 aliphatic carbocycles. The zero-order valence-electron chi connectivity index (χ0n) is 8.64. The van der Waals surface area contributed by atoms with Crippen LogP contribution in [-0.2, 0) is 0 Å². The van der Waals surface area contributed by atoms with Crippen LogP contribution in [-0.4, -0.2) is 24.9 Å². The van der Waals surface area contributed by atoms with E-state index in [0.29, 0.717) is 28.4 Å². The van der Waals surface area contributed by atoms with Crippen molar-refractivity contribution >= 4 is 17.0 Å². The van der Waals surface area contributed by atoms with Crippen LogP contribution in [0.15, 0.2) is 29.5 Å². The van der Waals surface area contributed by atoms with E-state index in [4.69, 9.17) is 5.73 Å². The van der Waals surface area contributed by atoms with Gasteiger partial charge in [-0.2, -0.15) is 0 Å². The molecule has 3 heterocycles. The summed E-state index contributed by atoms with van der Waals surface area (Å²) in [5.74, 6) is 0.831. The summed E-state index contributed by atoms with van der Waals surface area (Å²) in [4.78, 5) is 29.0. The van der Waals surface area contributed by atoms with Gasteiger partial charge in [0, 0.05) is 6.20 Å². The first-order chi connectivity index (χ1) is 8.25. The lowest BCUT2D eigenvalue weighted by atomic mass is 10.2. The number of rotatable bonds is 1. The lowest BCUT2D eigenvalue weighted by molar-refractivity contribution is 1.15. The number of nitrogens with two attached hydrogens (primary N) is 1. The third-order valence-electron chi connectivity index (χ3n) is 2.39. The normalized spacial score (nSPS) is 10.8. The number of nitrogens with one attached hydrogen (secondary N) is 2. The van der Waals surface area contributed by atoms with E-state index in [1.165, 1.54) is 6.33 Å². The minimum Gasteiger partial charge on any atom is -0.383 e. The van der Waals surface area contributed by atoms with Crippen molar-refractivity contribution in [1.29, 1.82) is 0 Å². The Kier molecular flexibility index (Phi) is 1.91. The monoisotopic (exact) mass is 228 g/mol. The Hall–Kier alpha value is -2.70. The molecule has 0 bridgehead atoms. The molecule has 84 valence electrons. The number of imidazole rings is 1. The lowest BCUT2D eigenvalue weighted by Gasteiger charge is -1.98. The molecular weight excluding hydrogens is 220 g/mol.